The maximum Gasteiger partial charge on any atom is 0.416 e. The Kier molecular flexibility index (Phi) is 6.41. The molecule has 0 spiro atoms. The third-order valence-corrected chi connectivity index (χ3v) is 6.16. The van der Waals surface area contributed by atoms with Crippen LogP contribution < -0.4 is 5.32 Å². The highest BCUT2D eigenvalue weighted by molar-refractivity contribution is 7.20. The predicted molar refractivity (Wildman–Crippen MR) is 117 cm³/mol. The summed E-state index contributed by atoms with van der Waals surface area (Å²) in [6.45, 7) is 1.59. The van der Waals surface area contributed by atoms with E-state index in [-0.39, 0.29) is 28.8 Å². The lowest BCUT2D eigenvalue weighted by atomic mass is 10.1. The second-order valence-corrected chi connectivity index (χ2v) is 8.44. The zero-order valence-electron chi connectivity index (χ0n) is 17.8. The van der Waals surface area contributed by atoms with Crippen LogP contribution in [0.3, 0.4) is 0 Å². The van der Waals surface area contributed by atoms with Gasteiger partial charge < -0.3 is 10.1 Å². The number of nitrogens with one attached hydrogen (secondary N) is 1. The second kappa shape index (κ2) is 9.17. The number of aryl methyl sites for hydroxylation is 1. The van der Waals surface area contributed by atoms with Crippen LogP contribution in [0.25, 0.3) is 10.2 Å². The van der Waals surface area contributed by atoms with E-state index in [1.54, 1.807) is 31.2 Å². The van der Waals surface area contributed by atoms with Crippen molar-refractivity contribution in [3.8, 4) is 0 Å². The molecule has 182 valence electrons. The van der Waals surface area contributed by atoms with Crippen molar-refractivity contribution >= 4 is 39.0 Å². The number of hydrogen-bond acceptors (Lipinski definition) is 6. The quantitative estimate of drug-likeness (QED) is 0.228. The smallest absolute Gasteiger partial charge is 0.416 e. The van der Waals surface area contributed by atoms with E-state index in [1.165, 1.54) is 0 Å². The molecule has 0 unspecified atom stereocenters. The maximum absolute atomic E-state index is 13.2. The summed E-state index contributed by atoms with van der Waals surface area (Å²) in [5.74, 6) is -0.683. The van der Waals surface area contributed by atoms with Gasteiger partial charge in [0, 0.05) is 5.69 Å². The molecule has 4 aromatic rings. The van der Waals surface area contributed by atoms with Gasteiger partial charge in [-0.05, 0) is 36.2 Å². The minimum Gasteiger partial charge on any atom is -0.457 e. The Morgan fingerprint density at radius 1 is 0.971 bits per heavy atom. The van der Waals surface area contributed by atoms with E-state index in [2.05, 4.69) is 15.3 Å². The standard InChI is InChI=1S/C23H15F6N3O2S/c1-12-17-19(32-16-8-14(22(24,25)26)7-15(9-16)23(27,28)29)30-11-31-20(17)35-18(12)21(33)34-10-13-5-3-2-4-6-13/h2-9,11H,10H2,1H3,(H,30,31,32). The van der Waals surface area contributed by atoms with Crippen molar-refractivity contribution in [2.75, 3.05) is 5.32 Å². The molecule has 2 aromatic carbocycles. The van der Waals surface area contributed by atoms with E-state index in [9.17, 15) is 31.1 Å². The first-order valence-corrected chi connectivity index (χ1v) is 10.8. The predicted octanol–water partition coefficient (Wildman–Crippen LogP) is 7.14. The number of hydrogen-bond donors (Lipinski definition) is 1. The average Bonchev–Trinajstić information content (AvgIpc) is 3.14. The Labute approximate surface area is 198 Å². The van der Waals surface area contributed by atoms with Crippen LogP contribution in [0.4, 0.5) is 37.8 Å². The summed E-state index contributed by atoms with van der Waals surface area (Å²) < 4.78 is 84.6. The number of carbonyl (C=O) groups is 1. The number of rotatable bonds is 5. The highest BCUT2D eigenvalue weighted by Gasteiger charge is 2.37. The summed E-state index contributed by atoms with van der Waals surface area (Å²) in [6, 6.07) is 10.1. The molecule has 0 amide bonds. The lowest BCUT2D eigenvalue weighted by Gasteiger charge is -2.15. The number of nitrogens with zero attached hydrogens (tertiary/aromatic N) is 2. The van der Waals surface area contributed by atoms with Gasteiger partial charge >= 0.3 is 18.3 Å². The van der Waals surface area contributed by atoms with Gasteiger partial charge in [0.1, 0.15) is 28.5 Å². The van der Waals surface area contributed by atoms with E-state index in [0.717, 1.165) is 23.2 Å². The molecule has 0 aliphatic rings. The topological polar surface area (TPSA) is 64.1 Å². The summed E-state index contributed by atoms with van der Waals surface area (Å²) in [4.78, 5) is 21.2. The van der Waals surface area contributed by atoms with Gasteiger partial charge in [-0.2, -0.15) is 26.3 Å². The Morgan fingerprint density at radius 2 is 1.60 bits per heavy atom. The summed E-state index contributed by atoms with van der Waals surface area (Å²) >= 11 is 0.981. The molecule has 2 heterocycles. The van der Waals surface area contributed by atoms with E-state index >= 15 is 0 Å². The number of fused-ring (bicyclic) bond motifs is 1. The molecular formula is C23H15F6N3O2S. The highest BCUT2D eigenvalue weighted by atomic mass is 32.1. The molecule has 0 radical (unpaired) electrons. The summed E-state index contributed by atoms with van der Waals surface area (Å²) in [7, 11) is 0. The molecule has 0 bridgehead atoms. The Morgan fingerprint density at radius 3 is 2.20 bits per heavy atom. The fraction of sp³-hybridized carbons (Fsp3) is 0.174. The van der Waals surface area contributed by atoms with E-state index in [1.807, 2.05) is 6.07 Å². The van der Waals surface area contributed by atoms with Crippen molar-refractivity contribution in [2.45, 2.75) is 25.9 Å². The summed E-state index contributed by atoms with van der Waals surface area (Å²) in [5, 5.41) is 2.81. The molecule has 0 atom stereocenters. The monoisotopic (exact) mass is 511 g/mol. The molecule has 35 heavy (non-hydrogen) atoms. The normalized spacial score (nSPS) is 12.1. The van der Waals surface area contributed by atoms with E-state index in [4.69, 9.17) is 4.74 Å². The number of esters is 1. The maximum atomic E-state index is 13.2. The van der Waals surface area contributed by atoms with Crippen molar-refractivity contribution < 1.29 is 35.9 Å². The zero-order chi connectivity index (χ0) is 25.4. The number of halogens is 6. The molecule has 0 saturated carbocycles. The first kappa shape index (κ1) is 24.5. The third kappa shape index (κ3) is 5.37. The molecule has 0 saturated heterocycles. The van der Waals surface area contributed by atoms with Crippen molar-refractivity contribution in [2.24, 2.45) is 0 Å². The Hall–Kier alpha value is -3.67. The van der Waals surface area contributed by atoms with Crippen LogP contribution in [0, 0.1) is 6.92 Å². The molecule has 12 heteroatoms. The summed E-state index contributed by atoms with van der Waals surface area (Å²) in [6.07, 6.45) is -8.89. The fourth-order valence-electron chi connectivity index (χ4n) is 3.31. The molecule has 2 aromatic heterocycles. The summed E-state index contributed by atoms with van der Waals surface area (Å²) in [5.41, 5.74) is -2.24. The molecular weight excluding hydrogens is 496 g/mol. The van der Waals surface area contributed by atoms with Crippen LogP contribution in [-0.2, 0) is 23.7 Å². The van der Waals surface area contributed by atoms with Gasteiger partial charge in [0.05, 0.1) is 16.5 Å². The van der Waals surface area contributed by atoms with Crippen LogP contribution in [0.1, 0.15) is 31.9 Å². The van der Waals surface area contributed by atoms with Gasteiger partial charge in [-0.1, -0.05) is 30.3 Å². The molecule has 0 aliphatic heterocycles. The number of alkyl halides is 6. The fourth-order valence-corrected chi connectivity index (χ4v) is 4.36. The minimum absolute atomic E-state index is 0.0224. The van der Waals surface area contributed by atoms with Gasteiger partial charge in [0.2, 0.25) is 0 Å². The van der Waals surface area contributed by atoms with Crippen LogP contribution >= 0.6 is 11.3 Å². The Bertz CT molecular complexity index is 1350. The van der Waals surface area contributed by atoms with Gasteiger partial charge in [0.15, 0.2) is 0 Å². The first-order chi connectivity index (χ1) is 16.4. The largest absolute Gasteiger partial charge is 0.457 e. The Balaban J connectivity index is 1.68. The van der Waals surface area contributed by atoms with Gasteiger partial charge in [-0.15, -0.1) is 11.3 Å². The number of benzene rings is 2. The molecule has 4 rings (SSSR count). The van der Waals surface area contributed by atoms with Crippen LogP contribution in [0.15, 0.2) is 54.9 Å². The van der Waals surface area contributed by atoms with Crippen LogP contribution in [0.5, 0.6) is 0 Å². The van der Waals surface area contributed by atoms with Crippen LogP contribution in [-0.4, -0.2) is 15.9 Å². The zero-order valence-corrected chi connectivity index (χ0v) is 18.6. The SMILES string of the molecule is Cc1c(C(=O)OCc2ccccc2)sc2ncnc(Nc3cc(C(F)(F)F)cc(C(F)(F)F)c3)c12. The third-order valence-electron chi connectivity index (χ3n) is 4.98. The van der Waals surface area contributed by atoms with Crippen molar-refractivity contribution in [1.82, 2.24) is 9.97 Å². The van der Waals surface area contributed by atoms with Gasteiger partial charge in [0.25, 0.3) is 0 Å². The number of anilines is 2. The van der Waals surface area contributed by atoms with E-state index in [0.29, 0.717) is 22.5 Å². The lowest BCUT2D eigenvalue weighted by molar-refractivity contribution is -0.143. The lowest BCUT2D eigenvalue weighted by Crippen LogP contribution is -2.11. The highest BCUT2D eigenvalue weighted by Crippen LogP contribution is 2.39. The average molecular weight is 511 g/mol. The first-order valence-electron chi connectivity index (χ1n) is 9.95. The molecule has 0 fully saturated rings. The number of ether oxygens (including phenoxy) is 1. The van der Waals surface area contributed by atoms with Crippen molar-refractivity contribution in [3.63, 3.8) is 0 Å². The van der Waals surface area contributed by atoms with Crippen molar-refractivity contribution in [1.29, 1.82) is 0 Å². The van der Waals surface area contributed by atoms with E-state index < -0.39 is 35.1 Å². The molecule has 1 N–H and O–H groups in total. The number of carbonyl (C=O) groups excluding carboxylic acids is 1. The van der Waals surface area contributed by atoms with Crippen molar-refractivity contribution in [3.05, 3.63) is 82.0 Å². The van der Waals surface area contributed by atoms with Gasteiger partial charge in [-0.3, -0.25) is 0 Å². The van der Waals surface area contributed by atoms with Crippen LogP contribution in [0.2, 0.25) is 0 Å². The second-order valence-electron chi connectivity index (χ2n) is 7.44. The number of thiophene rings is 1. The number of aromatic nitrogens is 2. The molecule has 0 aliphatic carbocycles. The van der Waals surface area contributed by atoms with Gasteiger partial charge in [-0.25, -0.2) is 14.8 Å². The molecule has 5 nitrogen and oxygen atoms in total. The minimum atomic E-state index is -4.99.